The zero-order chi connectivity index (χ0) is 9.36. The summed E-state index contributed by atoms with van der Waals surface area (Å²) in [6.45, 7) is 2.04. The Morgan fingerprint density at radius 1 is 1.23 bits per heavy atom. The van der Waals surface area contributed by atoms with Crippen LogP contribution >= 0.6 is 11.8 Å². The lowest BCUT2D eigenvalue weighted by atomic mass is 10.2. The summed E-state index contributed by atoms with van der Waals surface area (Å²) in [4.78, 5) is 0. The van der Waals surface area contributed by atoms with E-state index >= 15 is 0 Å². The van der Waals surface area contributed by atoms with Crippen LogP contribution in [0.4, 0.5) is 0 Å². The molecule has 0 fully saturated rings. The van der Waals surface area contributed by atoms with Crippen LogP contribution in [0, 0.1) is 0 Å². The third-order valence-electron chi connectivity index (χ3n) is 1.58. The van der Waals surface area contributed by atoms with Crippen molar-refractivity contribution < 1.29 is 0 Å². The Kier molecular flexibility index (Phi) is 5.11. The topological polar surface area (TPSA) is 0 Å². The third-order valence-corrected chi connectivity index (χ3v) is 2.30. The summed E-state index contributed by atoms with van der Waals surface area (Å²) >= 11 is 1.81. The summed E-state index contributed by atoms with van der Waals surface area (Å²) < 4.78 is 0. The van der Waals surface area contributed by atoms with Crippen molar-refractivity contribution in [3.63, 3.8) is 0 Å². The Labute approximate surface area is 84.4 Å². The minimum absolute atomic E-state index is 1.06. The molecule has 0 unspecified atom stereocenters. The molecule has 0 aliphatic heterocycles. The SMILES string of the molecule is C/C=C/CS/C=C/c1ccccc1. The largest absolute Gasteiger partial charge is 0.130 e. The van der Waals surface area contributed by atoms with E-state index in [1.165, 1.54) is 5.56 Å². The molecule has 0 N–H and O–H groups in total. The van der Waals surface area contributed by atoms with Crippen LogP contribution in [-0.4, -0.2) is 5.75 Å². The molecule has 1 aromatic rings. The van der Waals surface area contributed by atoms with E-state index in [9.17, 15) is 0 Å². The van der Waals surface area contributed by atoms with Gasteiger partial charge in [-0.05, 0) is 24.0 Å². The number of rotatable bonds is 4. The summed E-state index contributed by atoms with van der Waals surface area (Å²) in [5.41, 5.74) is 1.26. The van der Waals surface area contributed by atoms with Gasteiger partial charge in [0.1, 0.15) is 0 Å². The van der Waals surface area contributed by atoms with E-state index in [-0.39, 0.29) is 0 Å². The first-order valence-corrected chi connectivity index (χ1v) is 5.42. The molecule has 0 spiro atoms. The standard InChI is InChI=1S/C12H14S/c1-2-3-10-13-11-9-12-7-5-4-6-8-12/h2-9,11H,10H2,1H3/b3-2+,11-9+. The van der Waals surface area contributed by atoms with Crippen molar-refractivity contribution in [2.24, 2.45) is 0 Å². The first-order valence-electron chi connectivity index (χ1n) is 4.38. The highest BCUT2D eigenvalue weighted by molar-refractivity contribution is 8.02. The minimum atomic E-state index is 1.06. The second-order valence-electron chi connectivity index (χ2n) is 2.62. The number of hydrogen-bond donors (Lipinski definition) is 0. The zero-order valence-electron chi connectivity index (χ0n) is 7.81. The van der Waals surface area contributed by atoms with Gasteiger partial charge < -0.3 is 0 Å². The molecule has 0 bridgehead atoms. The summed E-state index contributed by atoms with van der Waals surface area (Å²) in [5, 5.41) is 2.13. The van der Waals surface area contributed by atoms with Crippen molar-refractivity contribution in [2.75, 3.05) is 5.75 Å². The van der Waals surface area contributed by atoms with Crippen molar-refractivity contribution in [2.45, 2.75) is 6.92 Å². The van der Waals surface area contributed by atoms with Gasteiger partial charge in [-0.2, -0.15) is 0 Å². The highest BCUT2D eigenvalue weighted by Gasteiger charge is 1.81. The zero-order valence-corrected chi connectivity index (χ0v) is 8.63. The first-order chi connectivity index (χ1) is 6.43. The molecule has 0 nitrogen and oxygen atoms in total. The van der Waals surface area contributed by atoms with Crippen LogP contribution in [0.15, 0.2) is 47.9 Å². The summed E-state index contributed by atoms with van der Waals surface area (Å²) in [5.74, 6) is 1.06. The molecule has 0 radical (unpaired) electrons. The smallest absolute Gasteiger partial charge is 0.0154 e. The van der Waals surface area contributed by atoms with Crippen LogP contribution in [0.3, 0.4) is 0 Å². The lowest BCUT2D eigenvalue weighted by Gasteiger charge is -1.90. The fraction of sp³-hybridized carbons (Fsp3) is 0.167. The normalized spacial score (nSPS) is 11.5. The molecule has 1 aromatic carbocycles. The van der Waals surface area contributed by atoms with Gasteiger partial charge in [-0.15, -0.1) is 11.8 Å². The Morgan fingerprint density at radius 3 is 2.69 bits per heavy atom. The molecule has 1 heteroatoms. The average Bonchev–Trinajstić information content (AvgIpc) is 2.19. The van der Waals surface area contributed by atoms with E-state index < -0.39 is 0 Å². The molecule has 0 saturated carbocycles. The van der Waals surface area contributed by atoms with Crippen LogP contribution in [0.2, 0.25) is 0 Å². The first kappa shape index (κ1) is 10.1. The van der Waals surface area contributed by atoms with Crippen LogP contribution in [0.1, 0.15) is 12.5 Å². The van der Waals surface area contributed by atoms with Gasteiger partial charge in [-0.3, -0.25) is 0 Å². The van der Waals surface area contributed by atoms with Gasteiger partial charge in [0.25, 0.3) is 0 Å². The van der Waals surface area contributed by atoms with E-state index in [0.29, 0.717) is 0 Å². The Bertz CT molecular complexity index is 272. The highest BCUT2D eigenvalue weighted by Crippen LogP contribution is 2.07. The maximum Gasteiger partial charge on any atom is 0.0154 e. The number of hydrogen-bond acceptors (Lipinski definition) is 1. The van der Waals surface area contributed by atoms with Crippen molar-refractivity contribution >= 4 is 17.8 Å². The number of benzene rings is 1. The van der Waals surface area contributed by atoms with Crippen LogP contribution in [-0.2, 0) is 0 Å². The molecule has 0 saturated heterocycles. The molecule has 68 valence electrons. The summed E-state index contributed by atoms with van der Waals surface area (Å²) in [6, 6.07) is 10.3. The molecule has 0 aromatic heterocycles. The number of allylic oxidation sites excluding steroid dienone is 1. The number of thioether (sulfide) groups is 1. The average molecular weight is 190 g/mol. The quantitative estimate of drug-likeness (QED) is 0.511. The molecule has 0 aliphatic carbocycles. The van der Waals surface area contributed by atoms with Gasteiger partial charge in [0, 0.05) is 5.75 Å². The fourth-order valence-electron chi connectivity index (χ4n) is 0.898. The molecule has 0 atom stereocenters. The Morgan fingerprint density at radius 2 is 2.00 bits per heavy atom. The van der Waals surface area contributed by atoms with Gasteiger partial charge in [-0.25, -0.2) is 0 Å². The van der Waals surface area contributed by atoms with Gasteiger partial charge in [0.2, 0.25) is 0 Å². The van der Waals surface area contributed by atoms with Crippen molar-refractivity contribution in [3.8, 4) is 0 Å². The van der Waals surface area contributed by atoms with E-state index in [2.05, 4.69) is 47.9 Å². The van der Waals surface area contributed by atoms with Gasteiger partial charge in [0.05, 0.1) is 0 Å². The van der Waals surface area contributed by atoms with Crippen LogP contribution in [0.25, 0.3) is 6.08 Å². The maximum atomic E-state index is 2.15. The Balaban J connectivity index is 2.32. The van der Waals surface area contributed by atoms with E-state index in [1.54, 1.807) is 11.8 Å². The minimum Gasteiger partial charge on any atom is -0.130 e. The van der Waals surface area contributed by atoms with E-state index in [1.807, 2.05) is 13.0 Å². The highest BCUT2D eigenvalue weighted by atomic mass is 32.2. The fourth-order valence-corrected chi connectivity index (χ4v) is 1.57. The maximum absolute atomic E-state index is 2.15. The van der Waals surface area contributed by atoms with Crippen LogP contribution < -0.4 is 0 Å². The van der Waals surface area contributed by atoms with Crippen LogP contribution in [0.5, 0.6) is 0 Å². The van der Waals surface area contributed by atoms with Crippen molar-refractivity contribution in [3.05, 3.63) is 53.5 Å². The summed E-state index contributed by atoms with van der Waals surface area (Å²) in [7, 11) is 0. The Hall–Kier alpha value is -0.950. The monoisotopic (exact) mass is 190 g/mol. The molecule has 1 rings (SSSR count). The molecular weight excluding hydrogens is 176 g/mol. The second kappa shape index (κ2) is 6.55. The predicted molar refractivity (Wildman–Crippen MR) is 62.7 cm³/mol. The molecule has 0 amide bonds. The second-order valence-corrected chi connectivity index (χ2v) is 3.55. The third kappa shape index (κ3) is 4.58. The molecule has 13 heavy (non-hydrogen) atoms. The van der Waals surface area contributed by atoms with Gasteiger partial charge in [0.15, 0.2) is 0 Å². The molecule has 0 heterocycles. The van der Waals surface area contributed by atoms with Gasteiger partial charge >= 0.3 is 0 Å². The molecular formula is C12H14S. The lowest BCUT2D eigenvalue weighted by molar-refractivity contribution is 1.66. The van der Waals surface area contributed by atoms with E-state index in [4.69, 9.17) is 0 Å². The van der Waals surface area contributed by atoms with E-state index in [0.717, 1.165) is 5.75 Å². The molecule has 0 aliphatic rings. The lowest BCUT2D eigenvalue weighted by Crippen LogP contribution is -1.68. The van der Waals surface area contributed by atoms with Crippen molar-refractivity contribution in [1.82, 2.24) is 0 Å². The van der Waals surface area contributed by atoms with Gasteiger partial charge in [-0.1, -0.05) is 42.5 Å². The summed E-state index contributed by atoms with van der Waals surface area (Å²) in [6.07, 6.45) is 6.36. The predicted octanol–water partition coefficient (Wildman–Crippen LogP) is 3.97. The van der Waals surface area contributed by atoms with Crippen molar-refractivity contribution in [1.29, 1.82) is 0 Å².